The summed E-state index contributed by atoms with van der Waals surface area (Å²) in [7, 11) is 3.10. The fourth-order valence-electron chi connectivity index (χ4n) is 2.97. The zero-order chi connectivity index (χ0) is 20.0. The molecule has 2 rings (SSSR count). The summed E-state index contributed by atoms with van der Waals surface area (Å²) in [6, 6.07) is 9.28. The second-order valence-corrected chi connectivity index (χ2v) is 6.45. The number of carbonyl (C=O) groups is 2. The van der Waals surface area contributed by atoms with Crippen molar-refractivity contribution in [2.45, 2.75) is 27.2 Å². The van der Waals surface area contributed by atoms with E-state index in [9.17, 15) is 9.59 Å². The lowest BCUT2D eigenvalue weighted by molar-refractivity contribution is -0.123. The van der Waals surface area contributed by atoms with Gasteiger partial charge in [-0.25, -0.2) is 0 Å². The van der Waals surface area contributed by atoms with Crippen molar-refractivity contribution in [3.05, 3.63) is 52.6 Å². The number of ether oxygens (including phenoxy) is 2. The third-order valence-corrected chi connectivity index (χ3v) is 4.23. The molecule has 2 aromatic rings. The molecule has 0 aliphatic carbocycles. The normalized spacial score (nSPS) is 10.3. The molecule has 6 heteroatoms. The Morgan fingerprint density at radius 2 is 1.59 bits per heavy atom. The van der Waals surface area contributed by atoms with Crippen molar-refractivity contribution in [2.24, 2.45) is 0 Å². The van der Waals surface area contributed by atoms with E-state index in [-0.39, 0.29) is 24.8 Å². The Balaban J connectivity index is 1.93. The number of hydrogen-bond acceptors (Lipinski definition) is 4. The number of rotatable bonds is 7. The van der Waals surface area contributed by atoms with E-state index in [0.29, 0.717) is 11.5 Å². The maximum Gasteiger partial charge on any atom is 0.243 e. The molecule has 0 atom stereocenters. The molecule has 2 N–H and O–H groups in total. The molecule has 0 aromatic heterocycles. The van der Waals surface area contributed by atoms with Gasteiger partial charge in [0.2, 0.25) is 11.8 Å². The Hall–Kier alpha value is -3.02. The third kappa shape index (κ3) is 5.48. The lowest BCUT2D eigenvalue weighted by Gasteiger charge is -2.13. The zero-order valence-electron chi connectivity index (χ0n) is 16.4. The predicted molar refractivity (Wildman–Crippen MR) is 106 cm³/mol. The minimum atomic E-state index is -0.264. The molecule has 27 heavy (non-hydrogen) atoms. The Morgan fingerprint density at radius 1 is 0.926 bits per heavy atom. The molecule has 0 saturated carbocycles. The van der Waals surface area contributed by atoms with E-state index in [2.05, 4.69) is 10.6 Å². The molecule has 0 aliphatic heterocycles. The van der Waals surface area contributed by atoms with E-state index >= 15 is 0 Å². The zero-order valence-corrected chi connectivity index (χ0v) is 16.4. The SMILES string of the molecule is COc1ccc(CC(=O)NCC(=O)Nc2c(C)cc(C)cc2C)c(OC)c1. The van der Waals surface area contributed by atoms with Crippen LogP contribution in [0.5, 0.6) is 11.5 Å². The van der Waals surface area contributed by atoms with Crippen LogP contribution in [0.4, 0.5) is 5.69 Å². The summed E-state index contributed by atoms with van der Waals surface area (Å²) in [6.45, 7) is 5.82. The maximum atomic E-state index is 12.2. The first kappa shape index (κ1) is 20.3. The number of nitrogens with one attached hydrogen (secondary N) is 2. The molecular formula is C21H26N2O4. The molecule has 144 valence electrons. The van der Waals surface area contributed by atoms with E-state index in [1.54, 1.807) is 25.3 Å². The summed E-state index contributed by atoms with van der Waals surface area (Å²) in [6.07, 6.45) is 0.114. The van der Waals surface area contributed by atoms with Crippen molar-refractivity contribution >= 4 is 17.5 Å². The summed E-state index contributed by atoms with van der Waals surface area (Å²) >= 11 is 0. The first-order valence-electron chi connectivity index (χ1n) is 8.69. The van der Waals surface area contributed by atoms with E-state index in [0.717, 1.165) is 27.9 Å². The van der Waals surface area contributed by atoms with Gasteiger partial charge in [0.25, 0.3) is 0 Å². The standard InChI is InChI=1S/C21H26N2O4/c1-13-8-14(2)21(15(3)9-13)23-20(25)12-22-19(24)10-16-6-7-17(26-4)11-18(16)27-5/h6-9,11H,10,12H2,1-5H3,(H,22,24)(H,23,25). The minimum absolute atomic E-state index is 0.0932. The summed E-state index contributed by atoms with van der Waals surface area (Å²) in [5.74, 6) is 0.699. The number of methoxy groups -OCH3 is 2. The minimum Gasteiger partial charge on any atom is -0.497 e. The van der Waals surface area contributed by atoms with Gasteiger partial charge in [-0.05, 0) is 38.0 Å². The molecule has 0 aliphatic rings. The molecule has 6 nitrogen and oxygen atoms in total. The topological polar surface area (TPSA) is 76.7 Å². The fourth-order valence-corrected chi connectivity index (χ4v) is 2.97. The Labute approximate surface area is 159 Å². The molecule has 0 heterocycles. The molecule has 0 saturated heterocycles. The van der Waals surface area contributed by atoms with Gasteiger partial charge in [0.1, 0.15) is 11.5 Å². The lowest BCUT2D eigenvalue weighted by atomic mass is 10.1. The average Bonchev–Trinajstić information content (AvgIpc) is 2.63. The van der Waals surface area contributed by atoms with Crippen LogP contribution >= 0.6 is 0 Å². The highest BCUT2D eigenvalue weighted by Crippen LogP contribution is 2.25. The number of anilines is 1. The second kappa shape index (κ2) is 9.07. The molecule has 0 radical (unpaired) electrons. The van der Waals surface area contributed by atoms with Gasteiger partial charge in [-0.2, -0.15) is 0 Å². The largest absolute Gasteiger partial charge is 0.497 e. The second-order valence-electron chi connectivity index (χ2n) is 6.45. The highest BCUT2D eigenvalue weighted by Gasteiger charge is 2.13. The fraction of sp³-hybridized carbons (Fsp3) is 0.333. The van der Waals surface area contributed by atoms with E-state index < -0.39 is 0 Å². The average molecular weight is 370 g/mol. The summed E-state index contributed by atoms with van der Waals surface area (Å²) < 4.78 is 10.4. The maximum absolute atomic E-state index is 12.2. The van der Waals surface area contributed by atoms with Crippen LogP contribution in [-0.4, -0.2) is 32.6 Å². The smallest absolute Gasteiger partial charge is 0.243 e. The van der Waals surface area contributed by atoms with Crippen LogP contribution in [0.3, 0.4) is 0 Å². The van der Waals surface area contributed by atoms with Crippen LogP contribution < -0.4 is 20.1 Å². The van der Waals surface area contributed by atoms with Crippen LogP contribution in [0, 0.1) is 20.8 Å². The third-order valence-electron chi connectivity index (χ3n) is 4.23. The van der Waals surface area contributed by atoms with E-state index in [1.165, 1.54) is 7.11 Å². The monoisotopic (exact) mass is 370 g/mol. The van der Waals surface area contributed by atoms with Crippen molar-refractivity contribution in [3.63, 3.8) is 0 Å². The molecule has 0 spiro atoms. The number of hydrogen-bond donors (Lipinski definition) is 2. The highest BCUT2D eigenvalue weighted by atomic mass is 16.5. The van der Waals surface area contributed by atoms with Crippen LogP contribution in [0.1, 0.15) is 22.3 Å². The van der Waals surface area contributed by atoms with Crippen molar-refractivity contribution in [1.82, 2.24) is 5.32 Å². The molecule has 2 aromatic carbocycles. The number of carbonyl (C=O) groups excluding carboxylic acids is 2. The van der Waals surface area contributed by atoms with Gasteiger partial charge in [-0.1, -0.05) is 23.8 Å². The van der Waals surface area contributed by atoms with Crippen LogP contribution in [0.25, 0.3) is 0 Å². The quantitative estimate of drug-likeness (QED) is 0.786. The molecule has 0 unspecified atom stereocenters. The molecule has 0 fully saturated rings. The Morgan fingerprint density at radius 3 is 2.19 bits per heavy atom. The van der Waals surface area contributed by atoms with Crippen LogP contribution in [0.15, 0.2) is 30.3 Å². The van der Waals surface area contributed by atoms with Crippen molar-refractivity contribution in [3.8, 4) is 11.5 Å². The summed E-state index contributed by atoms with van der Waals surface area (Å²) in [5.41, 5.74) is 4.65. The van der Waals surface area contributed by atoms with Gasteiger partial charge in [0.15, 0.2) is 0 Å². The number of amides is 2. The van der Waals surface area contributed by atoms with Gasteiger partial charge >= 0.3 is 0 Å². The Bertz CT molecular complexity index is 823. The Kier molecular flexibility index (Phi) is 6.82. The van der Waals surface area contributed by atoms with Gasteiger partial charge in [-0.15, -0.1) is 0 Å². The first-order chi connectivity index (χ1) is 12.8. The van der Waals surface area contributed by atoms with Gasteiger partial charge < -0.3 is 20.1 Å². The van der Waals surface area contributed by atoms with Gasteiger partial charge in [0.05, 0.1) is 27.2 Å². The molecular weight excluding hydrogens is 344 g/mol. The van der Waals surface area contributed by atoms with Gasteiger partial charge in [-0.3, -0.25) is 9.59 Å². The van der Waals surface area contributed by atoms with Gasteiger partial charge in [0, 0.05) is 17.3 Å². The first-order valence-corrected chi connectivity index (χ1v) is 8.69. The van der Waals surface area contributed by atoms with Crippen molar-refractivity contribution in [2.75, 3.05) is 26.1 Å². The van der Waals surface area contributed by atoms with E-state index in [1.807, 2.05) is 32.9 Å². The van der Waals surface area contributed by atoms with E-state index in [4.69, 9.17) is 9.47 Å². The lowest BCUT2D eigenvalue weighted by Crippen LogP contribution is -2.34. The van der Waals surface area contributed by atoms with Crippen molar-refractivity contribution in [1.29, 1.82) is 0 Å². The molecule has 0 bridgehead atoms. The number of aryl methyl sites for hydroxylation is 3. The predicted octanol–water partition coefficient (Wildman–Crippen LogP) is 2.93. The van der Waals surface area contributed by atoms with Crippen LogP contribution in [0.2, 0.25) is 0 Å². The van der Waals surface area contributed by atoms with Crippen molar-refractivity contribution < 1.29 is 19.1 Å². The highest BCUT2D eigenvalue weighted by molar-refractivity contribution is 5.96. The number of benzene rings is 2. The molecule has 2 amide bonds. The summed E-state index contributed by atoms with van der Waals surface area (Å²) in [5, 5.41) is 5.51. The van der Waals surface area contributed by atoms with Crippen LogP contribution in [-0.2, 0) is 16.0 Å². The summed E-state index contributed by atoms with van der Waals surface area (Å²) in [4.78, 5) is 24.4.